The number of rotatable bonds is 4. The molecule has 1 fully saturated rings. The summed E-state index contributed by atoms with van der Waals surface area (Å²) in [6, 6.07) is 7.37. The van der Waals surface area contributed by atoms with E-state index in [4.69, 9.17) is 32.7 Å². The fraction of sp³-hybridized carbons (Fsp3) is 0.0625. The molecule has 3 amide bonds. The van der Waals surface area contributed by atoms with Crippen molar-refractivity contribution in [2.75, 3.05) is 6.54 Å². The number of nitrogens with one attached hydrogen (secondary N) is 1. The molecule has 2 N–H and O–H groups in total. The molecule has 2 aromatic rings. The molecule has 0 atom stereocenters. The molecule has 0 saturated carbocycles. The van der Waals surface area contributed by atoms with E-state index in [2.05, 4.69) is 5.32 Å². The molecule has 25 heavy (non-hydrogen) atoms. The highest BCUT2D eigenvalue weighted by Crippen LogP contribution is 2.32. The predicted octanol–water partition coefficient (Wildman–Crippen LogP) is 3.23. The molecule has 0 radical (unpaired) electrons. The largest absolute Gasteiger partial charge is 0.480 e. The van der Waals surface area contributed by atoms with Gasteiger partial charge in [-0.2, -0.15) is 0 Å². The van der Waals surface area contributed by atoms with Gasteiger partial charge >= 0.3 is 12.0 Å². The van der Waals surface area contributed by atoms with E-state index >= 15 is 0 Å². The molecule has 0 spiro atoms. The Morgan fingerprint density at radius 1 is 1.24 bits per heavy atom. The van der Waals surface area contributed by atoms with Crippen molar-refractivity contribution in [1.29, 1.82) is 0 Å². The molecule has 1 aromatic heterocycles. The molecule has 1 saturated heterocycles. The van der Waals surface area contributed by atoms with Crippen molar-refractivity contribution in [2.45, 2.75) is 0 Å². The topological polar surface area (TPSA) is 99.8 Å². The van der Waals surface area contributed by atoms with Crippen LogP contribution in [0.3, 0.4) is 0 Å². The van der Waals surface area contributed by atoms with Gasteiger partial charge in [0.2, 0.25) is 0 Å². The number of aliphatic carboxylic acids is 1. The molecule has 7 nitrogen and oxygen atoms in total. The van der Waals surface area contributed by atoms with Crippen LogP contribution >= 0.6 is 23.2 Å². The Morgan fingerprint density at radius 2 is 2.00 bits per heavy atom. The van der Waals surface area contributed by atoms with E-state index in [0.29, 0.717) is 32.0 Å². The monoisotopic (exact) mass is 380 g/mol. The third kappa shape index (κ3) is 3.52. The molecule has 0 bridgehead atoms. The van der Waals surface area contributed by atoms with Crippen LogP contribution in [0.4, 0.5) is 4.79 Å². The number of carbonyl (C=O) groups is 3. The molecule has 1 aliphatic rings. The van der Waals surface area contributed by atoms with E-state index in [9.17, 15) is 14.4 Å². The predicted molar refractivity (Wildman–Crippen MR) is 90.0 cm³/mol. The van der Waals surface area contributed by atoms with Gasteiger partial charge < -0.3 is 14.8 Å². The molecule has 1 aromatic carbocycles. The summed E-state index contributed by atoms with van der Waals surface area (Å²) in [7, 11) is 0. The fourth-order valence-corrected chi connectivity index (χ4v) is 2.76. The SMILES string of the molecule is O=C(O)CN1C(=O)N/C(=C\c2ccc(-c3ccc(Cl)cc3Cl)o2)C1=O. The number of urea groups is 1. The molecular weight excluding hydrogens is 371 g/mol. The lowest BCUT2D eigenvalue weighted by Crippen LogP contribution is -2.35. The van der Waals surface area contributed by atoms with E-state index in [1.807, 2.05) is 0 Å². The zero-order valence-corrected chi connectivity index (χ0v) is 14.0. The summed E-state index contributed by atoms with van der Waals surface area (Å²) in [6.07, 6.45) is 1.31. The zero-order valence-electron chi connectivity index (χ0n) is 12.5. The van der Waals surface area contributed by atoms with Crippen molar-refractivity contribution >= 4 is 47.2 Å². The van der Waals surface area contributed by atoms with Crippen molar-refractivity contribution in [2.24, 2.45) is 0 Å². The first-order valence-corrected chi connectivity index (χ1v) is 7.72. The maximum absolute atomic E-state index is 12.1. The minimum Gasteiger partial charge on any atom is -0.480 e. The van der Waals surface area contributed by atoms with Gasteiger partial charge in [0, 0.05) is 16.7 Å². The second kappa shape index (κ2) is 6.62. The number of amides is 3. The first-order chi connectivity index (χ1) is 11.8. The van der Waals surface area contributed by atoms with Gasteiger partial charge in [-0.25, -0.2) is 9.69 Å². The van der Waals surface area contributed by atoms with Gasteiger partial charge in [-0.15, -0.1) is 0 Å². The first-order valence-electron chi connectivity index (χ1n) is 6.97. The van der Waals surface area contributed by atoms with Crippen LogP contribution in [0.1, 0.15) is 5.76 Å². The summed E-state index contributed by atoms with van der Waals surface area (Å²) < 4.78 is 5.61. The van der Waals surface area contributed by atoms with Crippen LogP contribution in [0.15, 0.2) is 40.4 Å². The van der Waals surface area contributed by atoms with E-state index in [1.54, 1.807) is 30.3 Å². The number of imide groups is 1. The van der Waals surface area contributed by atoms with Crippen LogP contribution in [0.25, 0.3) is 17.4 Å². The van der Waals surface area contributed by atoms with Crippen molar-refractivity contribution in [3.63, 3.8) is 0 Å². The molecule has 0 unspecified atom stereocenters. The Morgan fingerprint density at radius 3 is 2.68 bits per heavy atom. The number of carboxylic acid groups (broad SMARTS) is 1. The Kier molecular flexibility index (Phi) is 4.52. The first kappa shape index (κ1) is 17.1. The summed E-state index contributed by atoms with van der Waals surface area (Å²) in [6.45, 7) is -0.716. The summed E-state index contributed by atoms with van der Waals surface area (Å²) in [5.41, 5.74) is 0.541. The standard InChI is InChI=1S/C16H10Cl2N2O5/c17-8-1-3-10(11(18)5-8)13-4-2-9(25-13)6-12-15(23)20(7-14(21)22)16(24)19-12/h1-6H,7H2,(H,19,24)(H,21,22)/b12-6-. The van der Waals surface area contributed by atoms with Crippen LogP contribution in [-0.4, -0.2) is 34.5 Å². The van der Waals surface area contributed by atoms with Crippen molar-refractivity contribution in [1.82, 2.24) is 10.2 Å². The van der Waals surface area contributed by atoms with Crippen LogP contribution in [0, 0.1) is 0 Å². The minimum absolute atomic E-state index is 0.0747. The lowest BCUT2D eigenvalue weighted by molar-refractivity contribution is -0.140. The summed E-state index contributed by atoms with van der Waals surface area (Å²) in [5.74, 6) is -1.29. The number of halogens is 2. The Labute approximate surface area is 151 Å². The van der Waals surface area contributed by atoms with Gasteiger partial charge in [0.25, 0.3) is 5.91 Å². The zero-order chi connectivity index (χ0) is 18.1. The molecule has 1 aliphatic heterocycles. The highest BCUT2D eigenvalue weighted by molar-refractivity contribution is 6.36. The van der Waals surface area contributed by atoms with Crippen LogP contribution in [-0.2, 0) is 9.59 Å². The molecular formula is C16H10Cl2N2O5. The van der Waals surface area contributed by atoms with Gasteiger partial charge in [-0.1, -0.05) is 23.2 Å². The third-order valence-corrected chi connectivity index (χ3v) is 3.91. The molecule has 9 heteroatoms. The molecule has 128 valence electrons. The van der Waals surface area contributed by atoms with Crippen LogP contribution in [0.2, 0.25) is 10.0 Å². The van der Waals surface area contributed by atoms with Gasteiger partial charge in [0.05, 0.1) is 5.02 Å². The Bertz CT molecular complexity index is 919. The number of nitrogens with zero attached hydrogens (tertiary/aromatic N) is 1. The third-order valence-electron chi connectivity index (χ3n) is 3.37. The number of carbonyl (C=O) groups excluding carboxylic acids is 2. The maximum atomic E-state index is 12.1. The summed E-state index contributed by atoms with van der Waals surface area (Å²) in [4.78, 5) is 35.0. The van der Waals surface area contributed by atoms with E-state index < -0.39 is 24.5 Å². The number of hydrogen-bond donors (Lipinski definition) is 2. The number of carboxylic acids is 1. The Balaban J connectivity index is 1.86. The molecule has 0 aliphatic carbocycles. The Hall–Kier alpha value is -2.77. The summed E-state index contributed by atoms with van der Waals surface area (Å²) in [5, 5.41) is 11.9. The van der Waals surface area contributed by atoms with Crippen molar-refractivity contribution < 1.29 is 23.9 Å². The maximum Gasteiger partial charge on any atom is 0.329 e. The van der Waals surface area contributed by atoms with Gasteiger partial charge in [0.1, 0.15) is 23.8 Å². The van der Waals surface area contributed by atoms with Gasteiger partial charge in [0.15, 0.2) is 0 Å². The highest BCUT2D eigenvalue weighted by Gasteiger charge is 2.35. The highest BCUT2D eigenvalue weighted by atomic mass is 35.5. The minimum atomic E-state index is -1.29. The van der Waals surface area contributed by atoms with E-state index in [0.717, 1.165) is 0 Å². The van der Waals surface area contributed by atoms with Crippen LogP contribution < -0.4 is 5.32 Å². The van der Waals surface area contributed by atoms with Crippen molar-refractivity contribution in [3.8, 4) is 11.3 Å². The van der Waals surface area contributed by atoms with Gasteiger partial charge in [-0.3, -0.25) is 9.59 Å². The molecule has 3 rings (SSSR count). The van der Waals surface area contributed by atoms with E-state index in [-0.39, 0.29) is 5.70 Å². The smallest absolute Gasteiger partial charge is 0.329 e. The van der Waals surface area contributed by atoms with Crippen LogP contribution in [0.5, 0.6) is 0 Å². The fourth-order valence-electron chi connectivity index (χ4n) is 2.26. The number of benzene rings is 1. The quantitative estimate of drug-likeness (QED) is 0.626. The number of hydrogen-bond acceptors (Lipinski definition) is 4. The second-order valence-electron chi connectivity index (χ2n) is 5.10. The van der Waals surface area contributed by atoms with Crippen molar-refractivity contribution in [3.05, 3.63) is 51.8 Å². The number of furan rings is 1. The average molecular weight is 381 g/mol. The average Bonchev–Trinajstić information content (AvgIpc) is 3.08. The van der Waals surface area contributed by atoms with Gasteiger partial charge in [-0.05, 0) is 30.3 Å². The second-order valence-corrected chi connectivity index (χ2v) is 5.94. The lowest BCUT2D eigenvalue weighted by Gasteiger charge is -2.06. The molecule has 2 heterocycles. The normalized spacial score (nSPS) is 15.8. The summed E-state index contributed by atoms with van der Waals surface area (Å²) >= 11 is 12.0. The van der Waals surface area contributed by atoms with E-state index in [1.165, 1.54) is 6.08 Å². The lowest BCUT2D eigenvalue weighted by atomic mass is 10.2.